The van der Waals surface area contributed by atoms with Crippen LogP contribution in [0.5, 0.6) is 5.75 Å². The topological polar surface area (TPSA) is 36.0 Å². The highest BCUT2D eigenvalue weighted by Crippen LogP contribution is 2.30. The first-order chi connectivity index (χ1) is 12.3. The van der Waals surface area contributed by atoms with Gasteiger partial charge < -0.3 is 14.5 Å². The number of rotatable bonds is 2. The van der Waals surface area contributed by atoms with E-state index < -0.39 is 0 Å². The van der Waals surface area contributed by atoms with E-state index in [-0.39, 0.29) is 6.03 Å². The highest BCUT2D eigenvalue weighted by Gasteiger charge is 2.30. The second-order valence-electron chi connectivity index (χ2n) is 6.46. The van der Waals surface area contributed by atoms with Gasteiger partial charge in [-0.05, 0) is 30.2 Å². The summed E-state index contributed by atoms with van der Waals surface area (Å²) in [7, 11) is 1.70. The zero-order valence-electron chi connectivity index (χ0n) is 14.5. The fraction of sp³-hybridized carbons (Fsp3) is 0.350. The lowest BCUT2D eigenvalue weighted by Gasteiger charge is -2.38. The number of para-hydroxylation sites is 3. The van der Waals surface area contributed by atoms with Crippen molar-refractivity contribution in [1.29, 1.82) is 0 Å². The summed E-state index contributed by atoms with van der Waals surface area (Å²) in [6.45, 7) is 3.89. The summed E-state index contributed by atoms with van der Waals surface area (Å²) in [6.07, 6.45) is 0.948. The summed E-state index contributed by atoms with van der Waals surface area (Å²) in [4.78, 5) is 19.1. The van der Waals surface area contributed by atoms with E-state index >= 15 is 0 Å². The molecule has 0 radical (unpaired) electrons. The fourth-order valence-corrected chi connectivity index (χ4v) is 3.74. The van der Waals surface area contributed by atoms with Crippen molar-refractivity contribution in [2.24, 2.45) is 0 Å². The van der Waals surface area contributed by atoms with Crippen LogP contribution in [0.2, 0.25) is 0 Å². The molecule has 5 heteroatoms. The number of methoxy groups -OCH3 is 1. The van der Waals surface area contributed by atoms with Crippen LogP contribution in [0.4, 0.5) is 16.2 Å². The Kier molecular flexibility index (Phi) is 4.22. The van der Waals surface area contributed by atoms with Crippen molar-refractivity contribution in [3.63, 3.8) is 0 Å². The minimum Gasteiger partial charge on any atom is -0.495 e. The molecular weight excluding hydrogens is 314 g/mol. The van der Waals surface area contributed by atoms with Gasteiger partial charge in [0.15, 0.2) is 0 Å². The molecule has 0 N–H and O–H groups in total. The molecule has 2 aromatic rings. The molecule has 2 aliphatic heterocycles. The first kappa shape index (κ1) is 15.8. The van der Waals surface area contributed by atoms with Gasteiger partial charge in [0.1, 0.15) is 5.75 Å². The summed E-state index contributed by atoms with van der Waals surface area (Å²) in [6, 6.07) is 16.4. The Bertz CT molecular complexity index is 769. The molecule has 2 aromatic carbocycles. The molecule has 0 saturated carbocycles. The van der Waals surface area contributed by atoms with Crippen LogP contribution < -0.4 is 14.5 Å². The quantitative estimate of drug-likeness (QED) is 0.845. The van der Waals surface area contributed by atoms with Gasteiger partial charge >= 0.3 is 6.03 Å². The van der Waals surface area contributed by atoms with Crippen LogP contribution >= 0.6 is 0 Å². The third kappa shape index (κ3) is 2.90. The maximum Gasteiger partial charge on any atom is 0.324 e. The molecule has 0 spiro atoms. The van der Waals surface area contributed by atoms with Crippen molar-refractivity contribution in [2.45, 2.75) is 6.42 Å². The van der Waals surface area contributed by atoms with Gasteiger partial charge in [0.2, 0.25) is 0 Å². The molecule has 4 rings (SSSR count). The highest BCUT2D eigenvalue weighted by molar-refractivity contribution is 5.94. The van der Waals surface area contributed by atoms with E-state index in [1.54, 1.807) is 7.11 Å². The number of urea groups is 1. The van der Waals surface area contributed by atoms with E-state index in [9.17, 15) is 4.79 Å². The molecule has 2 amide bonds. The van der Waals surface area contributed by atoms with Gasteiger partial charge in [-0.25, -0.2) is 4.79 Å². The zero-order chi connectivity index (χ0) is 17.2. The van der Waals surface area contributed by atoms with Crippen LogP contribution in [-0.2, 0) is 6.42 Å². The third-order valence-electron chi connectivity index (χ3n) is 5.09. The van der Waals surface area contributed by atoms with E-state index in [0.717, 1.165) is 56.3 Å². The minimum absolute atomic E-state index is 0.129. The third-order valence-corrected chi connectivity index (χ3v) is 5.09. The zero-order valence-corrected chi connectivity index (χ0v) is 14.5. The Labute approximate surface area is 148 Å². The van der Waals surface area contributed by atoms with E-state index in [0.29, 0.717) is 0 Å². The molecule has 0 atom stereocenters. The second kappa shape index (κ2) is 6.67. The van der Waals surface area contributed by atoms with Gasteiger partial charge in [-0.3, -0.25) is 4.90 Å². The van der Waals surface area contributed by atoms with Crippen molar-refractivity contribution in [1.82, 2.24) is 4.90 Å². The number of piperazine rings is 1. The normalized spacial score (nSPS) is 16.8. The Morgan fingerprint density at radius 2 is 1.56 bits per heavy atom. The van der Waals surface area contributed by atoms with Crippen LogP contribution in [0.15, 0.2) is 48.5 Å². The lowest BCUT2D eigenvalue weighted by Crippen LogP contribution is -2.52. The molecule has 5 nitrogen and oxygen atoms in total. The van der Waals surface area contributed by atoms with Gasteiger partial charge in [0.05, 0.1) is 12.8 Å². The van der Waals surface area contributed by atoms with Gasteiger partial charge in [-0.1, -0.05) is 30.3 Å². The lowest BCUT2D eigenvalue weighted by atomic mass is 10.2. The van der Waals surface area contributed by atoms with Crippen molar-refractivity contribution in [3.8, 4) is 5.75 Å². The smallest absolute Gasteiger partial charge is 0.324 e. The molecule has 2 heterocycles. The van der Waals surface area contributed by atoms with Gasteiger partial charge in [-0.2, -0.15) is 0 Å². The molecule has 1 saturated heterocycles. The summed E-state index contributed by atoms with van der Waals surface area (Å²) in [5.74, 6) is 0.885. The van der Waals surface area contributed by atoms with E-state index in [1.807, 2.05) is 46.2 Å². The minimum atomic E-state index is 0.129. The number of fused-ring (bicyclic) bond motifs is 1. The predicted octanol–water partition coefficient (Wildman–Crippen LogP) is 3.00. The number of carbonyl (C=O) groups is 1. The molecule has 0 bridgehead atoms. The van der Waals surface area contributed by atoms with Gasteiger partial charge in [-0.15, -0.1) is 0 Å². The lowest BCUT2D eigenvalue weighted by molar-refractivity contribution is 0.201. The van der Waals surface area contributed by atoms with Crippen molar-refractivity contribution >= 4 is 17.4 Å². The largest absolute Gasteiger partial charge is 0.495 e. The maximum absolute atomic E-state index is 12.9. The van der Waals surface area contributed by atoms with Crippen LogP contribution in [-0.4, -0.2) is 50.8 Å². The molecular formula is C20H23N3O2. The summed E-state index contributed by atoms with van der Waals surface area (Å²) in [5.41, 5.74) is 3.44. The number of hydrogen-bond donors (Lipinski definition) is 0. The number of anilines is 2. The number of hydrogen-bond acceptors (Lipinski definition) is 3. The Hall–Kier alpha value is -2.69. The van der Waals surface area contributed by atoms with Crippen LogP contribution in [0.25, 0.3) is 0 Å². The standard InChI is InChI=1S/C20H23N3O2/c1-25-19-9-5-4-8-18(19)21-12-14-22(15-13-21)20(24)23-11-10-16-6-2-3-7-17(16)23/h2-9H,10-15H2,1H3. The monoisotopic (exact) mass is 337 g/mol. The average Bonchev–Trinajstić information content (AvgIpc) is 3.11. The Morgan fingerprint density at radius 3 is 2.32 bits per heavy atom. The second-order valence-corrected chi connectivity index (χ2v) is 6.46. The molecule has 1 fully saturated rings. The number of nitrogens with zero attached hydrogens (tertiary/aromatic N) is 3. The molecule has 0 aliphatic carbocycles. The van der Waals surface area contributed by atoms with Crippen LogP contribution in [0.1, 0.15) is 5.56 Å². The number of amides is 2. The summed E-state index contributed by atoms with van der Waals surface area (Å²) in [5, 5.41) is 0. The number of benzene rings is 2. The Morgan fingerprint density at radius 1 is 0.880 bits per heavy atom. The first-order valence-corrected chi connectivity index (χ1v) is 8.80. The number of carbonyl (C=O) groups excluding carboxylic acids is 1. The van der Waals surface area contributed by atoms with Gasteiger partial charge in [0, 0.05) is 38.4 Å². The van der Waals surface area contributed by atoms with E-state index in [4.69, 9.17) is 4.74 Å². The number of ether oxygens (including phenoxy) is 1. The van der Waals surface area contributed by atoms with Crippen LogP contribution in [0, 0.1) is 0 Å². The summed E-state index contributed by atoms with van der Waals surface area (Å²) < 4.78 is 5.46. The van der Waals surface area contributed by atoms with Gasteiger partial charge in [0.25, 0.3) is 0 Å². The molecule has 0 aromatic heterocycles. The van der Waals surface area contributed by atoms with Crippen molar-refractivity contribution < 1.29 is 9.53 Å². The molecule has 2 aliphatic rings. The Balaban J connectivity index is 1.43. The molecule has 25 heavy (non-hydrogen) atoms. The summed E-state index contributed by atoms with van der Waals surface area (Å²) >= 11 is 0. The first-order valence-electron chi connectivity index (χ1n) is 8.80. The fourth-order valence-electron chi connectivity index (χ4n) is 3.74. The highest BCUT2D eigenvalue weighted by atomic mass is 16.5. The van der Waals surface area contributed by atoms with Crippen molar-refractivity contribution in [2.75, 3.05) is 49.6 Å². The maximum atomic E-state index is 12.9. The average molecular weight is 337 g/mol. The van der Waals surface area contributed by atoms with Crippen molar-refractivity contribution in [3.05, 3.63) is 54.1 Å². The van der Waals surface area contributed by atoms with E-state index in [1.165, 1.54) is 5.56 Å². The van der Waals surface area contributed by atoms with Crippen LogP contribution in [0.3, 0.4) is 0 Å². The molecule has 130 valence electrons. The molecule has 0 unspecified atom stereocenters. The van der Waals surface area contributed by atoms with E-state index in [2.05, 4.69) is 17.0 Å². The SMILES string of the molecule is COc1ccccc1N1CCN(C(=O)N2CCc3ccccc32)CC1. The predicted molar refractivity (Wildman–Crippen MR) is 99.7 cm³/mol.